The fourth-order valence-electron chi connectivity index (χ4n) is 2.77. The van der Waals surface area contributed by atoms with Crippen LogP contribution >= 0.6 is 0 Å². The third-order valence-corrected chi connectivity index (χ3v) is 3.66. The van der Waals surface area contributed by atoms with Crippen molar-refractivity contribution in [3.05, 3.63) is 60.2 Å². The van der Waals surface area contributed by atoms with Gasteiger partial charge < -0.3 is 11.5 Å². The van der Waals surface area contributed by atoms with Gasteiger partial charge in [0.15, 0.2) is 0 Å². The summed E-state index contributed by atoms with van der Waals surface area (Å²) in [7, 11) is 0. The van der Waals surface area contributed by atoms with E-state index in [4.69, 9.17) is 11.5 Å². The minimum Gasteiger partial charge on any atom is -0.330 e. The summed E-state index contributed by atoms with van der Waals surface area (Å²) in [6.07, 6.45) is 0.804. The molecule has 0 unspecified atom stereocenters. The first-order valence-corrected chi connectivity index (χ1v) is 6.67. The van der Waals surface area contributed by atoms with E-state index in [2.05, 4.69) is 54.6 Å². The van der Waals surface area contributed by atoms with Gasteiger partial charge in [-0.15, -0.1) is 0 Å². The zero-order valence-electron chi connectivity index (χ0n) is 10.8. The predicted octanol–water partition coefficient (Wildman–Crippen LogP) is 3.34. The highest BCUT2D eigenvalue weighted by atomic mass is 14.7. The molecule has 0 radical (unpaired) electrons. The fourth-order valence-corrected chi connectivity index (χ4v) is 2.77. The maximum atomic E-state index is 6.36. The second-order valence-electron chi connectivity index (χ2n) is 4.92. The van der Waals surface area contributed by atoms with Gasteiger partial charge in [-0.25, -0.2) is 0 Å². The van der Waals surface area contributed by atoms with E-state index in [1.54, 1.807) is 0 Å². The molecule has 4 N–H and O–H groups in total. The molecule has 0 bridgehead atoms. The molecule has 0 fully saturated rings. The van der Waals surface area contributed by atoms with Crippen LogP contribution in [-0.2, 0) is 0 Å². The lowest BCUT2D eigenvalue weighted by Gasteiger charge is -2.17. The molecule has 3 rings (SSSR count). The van der Waals surface area contributed by atoms with E-state index >= 15 is 0 Å². The van der Waals surface area contributed by atoms with E-state index in [0.29, 0.717) is 6.54 Å². The van der Waals surface area contributed by atoms with Gasteiger partial charge in [0.2, 0.25) is 0 Å². The van der Waals surface area contributed by atoms with Gasteiger partial charge >= 0.3 is 0 Å². The molecule has 0 amide bonds. The van der Waals surface area contributed by atoms with Crippen molar-refractivity contribution in [1.29, 1.82) is 0 Å². The van der Waals surface area contributed by atoms with E-state index in [0.717, 1.165) is 6.42 Å². The van der Waals surface area contributed by atoms with E-state index < -0.39 is 0 Å². The minimum atomic E-state index is -0.0130. The average Bonchev–Trinajstić information content (AvgIpc) is 2.44. The summed E-state index contributed by atoms with van der Waals surface area (Å²) in [5.41, 5.74) is 13.3. The van der Waals surface area contributed by atoms with Crippen LogP contribution in [-0.4, -0.2) is 6.54 Å². The molecule has 0 aliphatic heterocycles. The van der Waals surface area contributed by atoms with Gasteiger partial charge in [-0.1, -0.05) is 48.5 Å². The van der Waals surface area contributed by atoms with E-state index in [9.17, 15) is 0 Å². The summed E-state index contributed by atoms with van der Waals surface area (Å²) < 4.78 is 0. The number of nitrogens with two attached hydrogens (primary N) is 2. The molecule has 1 atom stereocenters. The predicted molar refractivity (Wildman–Crippen MR) is 82.1 cm³/mol. The van der Waals surface area contributed by atoms with Crippen molar-refractivity contribution < 1.29 is 0 Å². The normalized spacial score (nSPS) is 12.9. The summed E-state index contributed by atoms with van der Waals surface area (Å²) in [6.45, 7) is 0.610. The van der Waals surface area contributed by atoms with Crippen LogP contribution in [0.3, 0.4) is 0 Å². The van der Waals surface area contributed by atoms with Gasteiger partial charge in [-0.2, -0.15) is 0 Å². The smallest absolute Gasteiger partial charge is 0.0319 e. The summed E-state index contributed by atoms with van der Waals surface area (Å²) in [5.74, 6) is 0. The standard InChI is InChI=1S/C17H18N2/c18-10-9-16(19)17-14-7-3-1-5-12(14)11-13-6-2-4-8-15(13)17/h1-8,11,16H,9-10,18-19H2/t16-/m0/s1. The van der Waals surface area contributed by atoms with Crippen LogP contribution in [0.15, 0.2) is 54.6 Å². The summed E-state index contributed by atoms with van der Waals surface area (Å²) in [5, 5.41) is 4.96. The maximum Gasteiger partial charge on any atom is 0.0319 e. The number of hydrogen-bond acceptors (Lipinski definition) is 2. The topological polar surface area (TPSA) is 52.0 Å². The van der Waals surface area contributed by atoms with Gasteiger partial charge in [0, 0.05) is 6.04 Å². The van der Waals surface area contributed by atoms with Crippen molar-refractivity contribution in [3.8, 4) is 0 Å². The zero-order valence-corrected chi connectivity index (χ0v) is 10.8. The Labute approximate surface area is 113 Å². The van der Waals surface area contributed by atoms with E-state index in [1.807, 2.05) is 0 Å². The second kappa shape index (κ2) is 5.00. The minimum absolute atomic E-state index is 0.0130. The van der Waals surface area contributed by atoms with Crippen molar-refractivity contribution >= 4 is 21.5 Å². The van der Waals surface area contributed by atoms with E-state index in [1.165, 1.54) is 27.1 Å². The summed E-state index contributed by atoms with van der Waals surface area (Å²) in [6, 6.07) is 19.0. The third kappa shape index (κ3) is 2.09. The van der Waals surface area contributed by atoms with Crippen molar-refractivity contribution in [1.82, 2.24) is 0 Å². The lowest BCUT2D eigenvalue weighted by molar-refractivity contribution is 0.670. The maximum absolute atomic E-state index is 6.36. The Morgan fingerprint density at radius 2 is 1.37 bits per heavy atom. The average molecular weight is 250 g/mol. The first-order valence-electron chi connectivity index (χ1n) is 6.67. The van der Waals surface area contributed by atoms with Crippen molar-refractivity contribution in [2.45, 2.75) is 12.5 Å². The summed E-state index contributed by atoms with van der Waals surface area (Å²) in [4.78, 5) is 0. The third-order valence-electron chi connectivity index (χ3n) is 3.66. The van der Waals surface area contributed by atoms with Gasteiger partial charge in [0.05, 0.1) is 0 Å². The van der Waals surface area contributed by atoms with Crippen LogP contribution in [0.25, 0.3) is 21.5 Å². The van der Waals surface area contributed by atoms with Crippen LogP contribution < -0.4 is 11.5 Å². The first kappa shape index (κ1) is 12.2. The van der Waals surface area contributed by atoms with Gasteiger partial charge in [-0.05, 0) is 46.1 Å². The highest BCUT2D eigenvalue weighted by Gasteiger charge is 2.13. The zero-order chi connectivity index (χ0) is 13.2. The van der Waals surface area contributed by atoms with E-state index in [-0.39, 0.29) is 6.04 Å². The molecule has 96 valence electrons. The van der Waals surface area contributed by atoms with Gasteiger partial charge in [-0.3, -0.25) is 0 Å². The number of fused-ring (bicyclic) bond motifs is 2. The Balaban J connectivity index is 2.39. The SMILES string of the molecule is NCC[C@H](N)c1c2ccccc2cc2ccccc12. The molecule has 0 saturated heterocycles. The Bertz CT molecular complexity index is 665. The largest absolute Gasteiger partial charge is 0.330 e. The van der Waals surface area contributed by atoms with Crippen LogP contribution in [0.2, 0.25) is 0 Å². The lowest BCUT2D eigenvalue weighted by Crippen LogP contribution is -2.16. The molecule has 19 heavy (non-hydrogen) atoms. The quantitative estimate of drug-likeness (QED) is 0.700. The molecular formula is C17H18N2. The van der Waals surface area contributed by atoms with Crippen LogP contribution in [0.1, 0.15) is 18.0 Å². The molecule has 0 aromatic heterocycles. The molecule has 0 heterocycles. The molecule has 3 aromatic carbocycles. The molecule has 0 aliphatic rings. The second-order valence-corrected chi connectivity index (χ2v) is 4.92. The summed E-state index contributed by atoms with van der Waals surface area (Å²) >= 11 is 0. The van der Waals surface area contributed by atoms with Crippen molar-refractivity contribution in [2.24, 2.45) is 11.5 Å². The lowest BCUT2D eigenvalue weighted by atomic mass is 9.91. The number of hydrogen-bond donors (Lipinski definition) is 2. The van der Waals surface area contributed by atoms with Crippen LogP contribution in [0, 0.1) is 0 Å². The molecule has 2 nitrogen and oxygen atoms in total. The highest BCUT2D eigenvalue weighted by molar-refractivity contribution is 6.02. The Morgan fingerprint density at radius 1 is 0.842 bits per heavy atom. The molecule has 0 saturated carbocycles. The van der Waals surface area contributed by atoms with Crippen LogP contribution in [0.5, 0.6) is 0 Å². The molecule has 3 aromatic rings. The van der Waals surface area contributed by atoms with Gasteiger partial charge in [0.1, 0.15) is 0 Å². The monoisotopic (exact) mass is 250 g/mol. The molecule has 0 spiro atoms. The molecular weight excluding hydrogens is 232 g/mol. The molecule has 2 heteroatoms. The number of rotatable bonds is 3. The fraction of sp³-hybridized carbons (Fsp3) is 0.176. The Hall–Kier alpha value is -1.90. The Morgan fingerprint density at radius 3 is 1.89 bits per heavy atom. The van der Waals surface area contributed by atoms with Gasteiger partial charge in [0.25, 0.3) is 0 Å². The number of benzene rings is 3. The Kier molecular flexibility index (Phi) is 3.20. The molecule has 0 aliphatic carbocycles. The highest BCUT2D eigenvalue weighted by Crippen LogP contribution is 2.32. The van der Waals surface area contributed by atoms with Crippen LogP contribution in [0.4, 0.5) is 0 Å². The first-order chi connectivity index (χ1) is 9.31. The van der Waals surface area contributed by atoms with Crippen molar-refractivity contribution in [3.63, 3.8) is 0 Å². The van der Waals surface area contributed by atoms with Crippen molar-refractivity contribution in [2.75, 3.05) is 6.54 Å².